The maximum Gasteiger partial charge on any atom is 0.242 e. The second kappa shape index (κ2) is 6.80. The zero-order valence-corrected chi connectivity index (χ0v) is 13.3. The van der Waals surface area contributed by atoms with Crippen molar-refractivity contribution < 1.29 is 13.2 Å². The highest BCUT2D eigenvalue weighted by Crippen LogP contribution is 2.24. The molecular weight excluding hydrogens is 312 g/mol. The zero-order chi connectivity index (χ0) is 14.8. The number of hydrogen-bond donors (Lipinski definition) is 1. The van der Waals surface area contributed by atoms with Crippen molar-refractivity contribution >= 4 is 28.1 Å². The second-order valence-electron chi connectivity index (χ2n) is 4.43. The van der Waals surface area contributed by atoms with E-state index < -0.39 is 10.0 Å². The van der Waals surface area contributed by atoms with Crippen molar-refractivity contribution in [1.29, 1.82) is 0 Å². The Hall–Kier alpha value is -1.76. The van der Waals surface area contributed by atoms with Gasteiger partial charge in [-0.3, -0.25) is 0 Å². The van der Waals surface area contributed by atoms with Gasteiger partial charge in [-0.2, -0.15) is 0 Å². The summed E-state index contributed by atoms with van der Waals surface area (Å²) in [5, 5.41) is 0. The number of halogens is 1. The van der Waals surface area contributed by atoms with Crippen LogP contribution < -0.4 is 10.5 Å². The van der Waals surface area contributed by atoms with Gasteiger partial charge in [-0.1, -0.05) is 0 Å². The van der Waals surface area contributed by atoms with E-state index in [1.807, 2.05) is 0 Å². The summed E-state index contributed by atoms with van der Waals surface area (Å²) in [6.45, 7) is 0. The highest BCUT2D eigenvalue weighted by atomic mass is 35.5. The molecule has 0 bridgehead atoms. The molecule has 5 nitrogen and oxygen atoms in total. The molecule has 114 valence electrons. The summed E-state index contributed by atoms with van der Waals surface area (Å²) in [6, 6.07) is 13.2. The van der Waals surface area contributed by atoms with E-state index in [0.717, 1.165) is 0 Å². The Morgan fingerprint density at radius 2 is 1.33 bits per heavy atom. The van der Waals surface area contributed by atoms with Crippen LogP contribution in [-0.4, -0.2) is 26.8 Å². The number of nitrogen functional groups attached to an aromatic ring is 1. The Labute approximate surface area is 130 Å². The van der Waals surface area contributed by atoms with E-state index in [9.17, 15) is 8.42 Å². The number of benzene rings is 2. The third kappa shape index (κ3) is 4.10. The highest BCUT2D eigenvalue weighted by Gasteiger charge is 2.16. The quantitative estimate of drug-likeness (QED) is 0.876. The maximum absolute atomic E-state index is 11.9. The summed E-state index contributed by atoms with van der Waals surface area (Å²) in [4.78, 5) is 0.229. The van der Waals surface area contributed by atoms with Crippen molar-refractivity contribution in [3.8, 4) is 11.5 Å². The molecule has 7 heteroatoms. The van der Waals surface area contributed by atoms with E-state index in [-0.39, 0.29) is 17.3 Å². The van der Waals surface area contributed by atoms with E-state index in [1.54, 1.807) is 36.4 Å². The Morgan fingerprint density at radius 3 is 1.76 bits per heavy atom. The Morgan fingerprint density at radius 1 is 0.905 bits per heavy atom. The van der Waals surface area contributed by atoms with Crippen molar-refractivity contribution in [3.05, 3.63) is 48.5 Å². The summed E-state index contributed by atoms with van der Waals surface area (Å²) in [6.07, 6.45) is 0. The van der Waals surface area contributed by atoms with Crippen LogP contribution in [0.3, 0.4) is 0 Å². The van der Waals surface area contributed by atoms with E-state index >= 15 is 0 Å². The lowest BCUT2D eigenvalue weighted by atomic mass is 10.3. The molecule has 0 spiro atoms. The molecule has 21 heavy (non-hydrogen) atoms. The molecule has 0 aliphatic heterocycles. The summed E-state index contributed by atoms with van der Waals surface area (Å²) < 4.78 is 30.6. The Kier molecular flexibility index (Phi) is 5.60. The van der Waals surface area contributed by atoms with Gasteiger partial charge in [0.2, 0.25) is 10.0 Å². The predicted molar refractivity (Wildman–Crippen MR) is 85.5 cm³/mol. The highest BCUT2D eigenvalue weighted by molar-refractivity contribution is 7.89. The molecule has 0 aliphatic carbocycles. The van der Waals surface area contributed by atoms with E-state index in [1.165, 1.54) is 30.5 Å². The van der Waals surface area contributed by atoms with Gasteiger partial charge in [-0.05, 0) is 48.5 Å². The van der Waals surface area contributed by atoms with Crippen molar-refractivity contribution in [3.63, 3.8) is 0 Å². The summed E-state index contributed by atoms with van der Waals surface area (Å²) in [7, 11) is -0.423. The molecule has 0 heterocycles. The number of sulfonamides is 1. The first-order valence-electron chi connectivity index (χ1n) is 5.95. The van der Waals surface area contributed by atoms with E-state index in [2.05, 4.69) is 0 Å². The molecule has 0 saturated heterocycles. The molecule has 0 amide bonds. The monoisotopic (exact) mass is 328 g/mol. The average molecular weight is 329 g/mol. The molecule has 2 aromatic carbocycles. The van der Waals surface area contributed by atoms with Crippen LogP contribution in [0.2, 0.25) is 0 Å². The van der Waals surface area contributed by atoms with Crippen molar-refractivity contribution in [1.82, 2.24) is 4.31 Å². The van der Waals surface area contributed by atoms with Crippen LogP contribution in [0.25, 0.3) is 0 Å². The lowest BCUT2D eigenvalue weighted by Crippen LogP contribution is -2.22. The summed E-state index contributed by atoms with van der Waals surface area (Å²) in [5.41, 5.74) is 6.25. The third-order valence-corrected chi connectivity index (χ3v) is 4.55. The maximum atomic E-state index is 11.9. The largest absolute Gasteiger partial charge is 0.457 e. The first-order valence-corrected chi connectivity index (χ1v) is 7.39. The van der Waals surface area contributed by atoms with Gasteiger partial charge in [0.25, 0.3) is 0 Å². The molecule has 2 rings (SSSR count). The summed E-state index contributed by atoms with van der Waals surface area (Å²) >= 11 is 0. The van der Waals surface area contributed by atoms with Gasteiger partial charge < -0.3 is 10.5 Å². The average Bonchev–Trinajstić information content (AvgIpc) is 2.42. The number of ether oxygens (including phenoxy) is 1. The first-order chi connectivity index (χ1) is 9.39. The normalized spacial score (nSPS) is 11.0. The predicted octanol–water partition coefficient (Wildman–Crippen LogP) is 2.73. The molecule has 0 unspecified atom stereocenters. The zero-order valence-electron chi connectivity index (χ0n) is 11.7. The molecule has 2 N–H and O–H groups in total. The van der Waals surface area contributed by atoms with Gasteiger partial charge in [-0.15, -0.1) is 12.4 Å². The second-order valence-corrected chi connectivity index (χ2v) is 6.58. The van der Waals surface area contributed by atoms with Gasteiger partial charge in [0.15, 0.2) is 0 Å². The number of nitrogens with two attached hydrogens (primary N) is 1. The first kappa shape index (κ1) is 17.3. The van der Waals surface area contributed by atoms with Crippen LogP contribution >= 0.6 is 12.4 Å². The van der Waals surface area contributed by atoms with Crippen molar-refractivity contribution in [2.75, 3.05) is 19.8 Å². The molecule has 0 fully saturated rings. The fraction of sp³-hybridized carbons (Fsp3) is 0.143. The van der Waals surface area contributed by atoms with E-state index in [0.29, 0.717) is 17.2 Å². The number of rotatable bonds is 4. The Bertz CT molecular complexity index is 683. The Balaban J connectivity index is 0.00000220. The van der Waals surface area contributed by atoms with Gasteiger partial charge in [-0.25, -0.2) is 12.7 Å². The van der Waals surface area contributed by atoms with Crippen LogP contribution in [0, 0.1) is 0 Å². The molecule has 0 aromatic heterocycles. The fourth-order valence-electron chi connectivity index (χ4n) is 1.56. The molecule has 0 radical (unpaired) electrons. The third-order valence-electron chi connectivity index (χ3n) is 2.72. The fourth-order valence-corrected chi connectivity index (χ4v) is 2.46. The molecular formula is C14H17ClN2O3S. The van der Waals surface area contributed by atoms with Gasteiger partial charge >= 0.3 is 0 Å². The standard InChI is InChI=1S/C14H16N2O3S.ClH/c1-16(2)20(17,18)14-9-7-13(8-10-14)19-12-5-3-11(15)4-6-12;/h3-10H,15H2,1-2H3;1H. The molecule has 0 atom stereocenters. The van der Waals surface area contributed by atoms with Crippen LogP contribution in [0.5, 0.6) is 11.5 Å². The van der Waals surface area contributed by atoms with Crippen molar-refractivity contribution in [2.24, 2.45) is 0 Å². The van der Waals surface area contributed by atoms with E-state index in [4.69, 9.17) is 10.5 Å². The van der Waals surface area contributed by atoms with Crippen LogP contribution in [0.15, 0.2) is 53.4 Å². The number of hydrogen-bond acceptors (Lipinski definition) is 4. The lowest BCUT2D eigenvalue weighted by Gasteiger charge is -2.12. The van der Waals surface area contributed by atoms with Gasteiger partial charge in [0.05, 0.1) is 4.90 Å². The topological polar surface area (TPSA) is 72.6 Å². The van der Waals surface area contributed by atoms with Gasteiger partial charge in [0, 0.05) is 19.8 Å². The minimum absolute atomic E-state index is 0. The minimum Gasteiger partial charge on any atom is -0.457 e. The molecule has 2 aromatic rings. The van der Waals surface area contributed by atoms with Crippen molar-refractivity contribution in [2.45, 2.75) is 4.90 Å². The lowest BCUT2D eigenvalue weighted by molar-refractivity contribution is 0.482. The smallest absolute Gasteiger partial charge is 0.242 e. The number of nitrogens with zero attached hydrogens (tertiary/aromatic N) is 1. The minimum atomic E-state index is -3.41. The van der Waals surface area contributed by atoms with Gasteiger partial charge in [0.1, 0.15) is 11.5 Å². The SMILES string of the molecule is CN(C)S(=O)(=O)c1ccc(Oc2ccc(N)cc2)cc1.Cl. The molecule has 0 saturated carbocycles. The van der Waals surface area contributed by atoms with Crippen LogP contribution in [0.1, 0.15) is 0 Å². The molecule has 0 aliphatic rings. The van der Waals surface area contributed by atoms with Crippen LogP contribution in [-0.2, 0) is 10.0 Å². The summed E-state index contributed by atoms with van der Waals surface area (Å²) in [5.74, 6) is 1.20. The van der Waals surface area contributed by atoms with Crippen LogP contribution in [0.4, 0.5) is 5.69 Å². The number of anilines is 1.